The average molecular weight is 490 g/mol. The van der Waals surface area contributed by atoms with E-state index in [1.807, 2.05) is 0 Å². The van der Waals surface area contributed by atoms with Crippen LogP contribution in [0.15, 0.2) is 49.1 Å². The van der Waals surface area contributed by atoms with Crippen LogP contribution in [0.25, 0.3) is 0 Å². The minimum Gasteiger partial charge on any atom is -0.456 e. The monoisotopic (exact) mass is 489 g/mol. The van der Waals surface area contributed by atoms with Gasteiger partial charge in [-0.1, -0.05) is 29.4 Å². The van der Waals surface area contributed by atoms with Gasteiger partial charge in [-0.2, -0.15) is 13.2 Å². The van der Waals surface area contributed by atoms with E-state index in [1.165, 1.54) is 12.1 Å². The second kappa shape index (κ2) is 11.1. The van der Waals surface area contributed by atoms with Crippen molar-refractivity contribution in [2.45, 2.75) is 6.18 Å². The Hall–Kier alpha value is -2.89. The van der Waals surface area contributed by atoms with Crippen molar-refractivity contribution in [1.29, 1.82) is 0 Å². The van der Waals surface area contributed by atoms with Crippen molar-refractivity contribution >= 4 is 39.9 Å². The molecule has 0 aliphatic carbocycles. The molecule has 0 heterocycles. The molecule has 0 saturated carbocycles. The number of nitrogens with zero attached hydrogens (tertiary/aromatic N) is 1. The molecule has 0 atom stereocenters. The minimum absolute atomic E-state index is 0.0711. The number of Topliss-reactive ketones (excluding diaryl/α,β-unsaturated/α-hetero) is 1. The lowest BCUT2D eigenvalue weighted by atomic mass is 10.1. The standard InChI is InChI=1S/C20H15ClF3NO6S/c1-2-7-32-19(27)11-30-10-17(26)14-9-13(4-5-16(14)25(28)29)31-18-6-3-12(8-15(18)21)20(22,23)24/h2-6,8-9H,1,7,10-11H2. The number of hydrogen-bond donors (Lipinski definition) is 0. The van der Waals surface area contributed by atoms with E-state index in [1.54, 1.807) is 0 Å². The molecular weight excluding hydrogens is 475 g/mol. The predicted molar refractivity (Wildman–Crippen MR) is 112 cm³/mol. The molecule has 32 heavy (non-hydrogen) atoms. The van der Waals surface area contributed by atoms with Gasteiger partial charge in [0, 0.05) is 11.8 Å². The number of alkyl halides is 3. The lowest BCUT2D eigenvalue weighted by Crippen LogP contribution is -2.15. The van der Waals surface area contributed by atoms with Crippen LogP contribution < -0.4 is 4.74 Å². The summed E-state index contributed by atoms with van der Waals surface area (Å²) in [5, 5.41) is 10.6. The molecule has 2 aromatic rings. The van der Waals surface area contributed by atoms with Gasteiger partial charge in [-0.25, -0.2) is 0 Å². The number of thioether (sulfide) groups is 1. The lowest BCUT2D eigenvalue weighted by molar-refractivity contribution is -0.385. The van der Waals surface area contributed by atoms with Crippen LogP contribution in [-0.2, 0) is 15.7 Å². The van der Waals surface area contributed by atoms with E-state index in [0.29, 0.717) is 11.8 Å². The third-order valence-corrected chi connectivity index (χ3v) is 4.90. The van der Waals surface area contributed by atoms with E-state index >= 15 is 0 Å². The Morgan fingerprint density at radius 3 is 2.50 bits per heavy atom. The zero-order valence-electron chi connectivity index (χ0n) is 16.2. The second-order valence-corrected chi connectivity index (χ2v) is 7.55. The van der Waals surface area contributed by atoms with Gasteiger partial charge < -0.3 is 9.47 Å². The third-order valence-electron chi connectivity index (χ3n) is 3.77. The highest BCUT2D eigenvalue weighted by Crippen LogP contribution is 2.37. The number of nitro groups is 1. The van der Waals surface area contributed by atoms with Crippen molar-refractivity contribution in [2.75, 3.05) is 19.0 Å². The number of rotatable bonds is 10. The van der Waals surface area contributed by atoms with Crippen LogP contribution in [0.5, 0.6) is 11.5 Å². The third kappa shape index (κ3) is 7.08. The number of carbonyl (C=O) groups is 2. The van der Waals surface area contributed by atoms with Crippen LogP contribution in [0.2, 0.25) is 5.02 Å². The molecule has 2 aromatic carbocycles. The molecule has 0 spiro atoms. The first-order valence-corrected chi connectivity index (χ1v) is 10.1. The fraction of sp³-hybridized carbons (Fsp3) is 0.200. The molecular formula is C20H15ClF3NO6S. The maximum absolute atomic E-state index is 12.8. The summed E-state index contributed by atoms with van der Waals surface area (Å²) in [5.74, 6) is -0.638. The summed E-state index contributed by atoms with van der Waals surface area (Å²) >= 11 is 6.78. The van der Waals surface area contributed by atoms with Crippen LogP contribution in [0, 0.1) is 10.1 Å². The fourth-order valence-corrected chi connectivity index (χ4v) is 3.04. The Bertz CT molecular complexity index is 1040. The Labute approximate surface area is 189 Å². The molecule has 12 heteroatoms. The van der Waals surface area contributed by atoms with Gasteiger partial charge in [0.15, 0.2) is 5.78 Å². The Balaban J connectivity index is 2.19. The Morgan fingerprint density at radius 1 is 1.19 bits per heavy atom. The quantitative estimate of drug-likeness (QED) is 0.183. The molecule has 2 rings (SSSR count). The normalized spacial score (nSPS) is 11.1. The van der Waals surface area contributed by atoms with Crippen molar-refractivity contribution in [1.82, 2.24) is 0 Å². The first-order valence-electron chi connectivity index (χ1n) is 8.73. The molecule has 0 radical (unpaired) electrons. The average Bonchev–Trinajstić information content (AvgIpc) is 2.72. The summed E-state index contributed by atoms with van der Waals surface area (Å²) in [6, 6.07) is 5.64. The molecule has 170 valence electrons. The number of ether oxygens (including phenoxy) is 2. The molecule has 0 unspecified atom stereocenters. The summed E-state index contributed by atoms with van der Waals surface area (Å²) in [7, 11) is 0. The first-order chi connectivity index (χ1) is 15.0. The van der Waals surface area contributed by atoms with Gasteiger partial charge in [-0.05, 0) is 30.3 Å². The second-order valence-electron chi connectivity index (χ2n) is 6.07. The molecule has 0 saturated heterocycles. The van der Waals surface area contributed by atoms with E-state index in [0.717, 1.165) is 36.0 Å². The van der Waals surface area contributed by atoms with Crippen LogP contribution in [0.4, 0.5) is 18.9 Å². The van der Waals surface area contributed by atoms with E-state index in [9.17, 15) is 32.9 Å². The van der Waals surface area contributed by atoms with Crippen LogP contribution in [0.1, 0.15) is 15.9 Å². The topological polar surface area (TPSA) is 95.7 Å². The summed E-state index contributed by atoms with van der Waals surface area (Å²) in [6.45, 7) is 2.48. The largest absolute Gasteiger partial charge is 0.456 e. The number of benzene rings is 2. The van der Waals surface area contributed by atoms with Gasteiger partial charge >= 0.3 is 6.18 Å². The van der Waals surface area contributed by atoms with Crippen LogP contribution >= 0.6 is 23.4 Å². The number of nitro benzene ring substituents is 1. The van der Waals surface area contributed by atoms with Crippen molar-refractivity contribution in [3.8, 4) is 11.5 Å². The highest BCUT2D eigenvalue weighted by molar-refractivity contribution is 8.13. The van der Waals surface area contributed by atoms with Gasteiger partial charge in [0.25, 0.3) is 5.69 Å². The van der Waals surface area contributed by atoms with Gasteiger partial charge in [0.05, 0.1) is 15.5 Å². The number of halogens is 4. The summed E-state index contributed by atoms with van der Waals surface area (Å²) in [6.07, 6.45) is -3.08. The van der Waals surface area contributed by atoms with Crippen molar-refractivity contribution in [3.63, 3.8) is 0 Å². The van der Waals surface area contributed by atoms with Gasteiger partial charge in [-0.15, -0.1) is 6.58 Å². The number of ketones is 1. The Morgan fingerprint density at radius 2 is 1.91 bits per heavy atom. The van der Waals surface area contributed by atoms with Crippen molar-refractivity contribution < 1.29 is 37.2 Å². The maximum atomic E-state index is 12.8. The van der Waals surface area contributed by atoms with Gasteiger partial charge in [0.2, 0.25) is 5.12 Å². The molecule has 0 aliphatic heterocycles. The van der Waals surface area contributed by atoms with Crippen molar-refractivity contribution in [3.05, 3.63) is 75.3 Å². The molecule has 0 fully saturated rings. The maximum Gasteiger partial charge on any atom is 0.416 e. The van der Waals surface area contributed by atoms with Gasteiger partial charge in [-0.3, -0.25) is 19.7 Å². The summed E-state index contributed by atoms with van der Waals surface area (Å²) in [5.41, 5.74) is -1.87. The molecule has 0 aromatic heterocycles. The zero-order chi connectivity index (χ0) is 23.9. The molecule has 0 aliphatic rings. The zero-order valence-corrected chi connectivity index (χ0v) is 17.8. The Kier molecular flexibility index (Phi) is 8.81. The summed E-state index contributed by atoms with van der Waals surface area (Å²) in [4.78, 5) is 34.4. The SMILES string of the molecule is C=CCSC(=O)COCC(=O)c1cc(Oc2ccc(C(F)(F)F)cc2Cl)ccc1[N+](=O)[O-]. The van der Waals surface area contributed by atoms with E-state index < -0.39 is 34.7 Å². The smallest absolute Gasteiger partial charge is 0.416 e. The molecule has 0 N–H and O–H groups in total. The van der Waals surface area contributed by atoms with E-state index in [4.69, 9.17) is 21.1 Å². The molecule has 7 nitrogen and oxygen atoms in total. The van der Waals surface area contributed by atoms with Crippen LogP contribution in [-0.4, -0.2) is 34.8 Å². The fourth-order valence-electron chi connectivity index (χ4n) is 2.35. The van der Waals surface area contributed by atoms with Gasteiger partial charge in [0.1, 0.15) is 30.3 Å². The molecule has 0 bridgehead atoms. The van der Waals surface area contributed by atoms with Crippen LogP contribution in [0.3, 0.4) is 0 Å². The van der Waals surface area contributed by atoms with E-state index in [2.05, 4.69) is 6.58 Å². The lowest BCUT2D eigenvalue weighted by Gasteiger charge is -2.12. The predicted octanol–water partition coefficient (Wildman–Crippen LogP) is 5.70. The highest BCUT2D eigenvalue weighted by atomic mass is 35.5. The highest BCUT2D eigenvalue weighted by Gasteiger charge is 2.31. The number of hydrogen-bond acceptors (Lipinski definition) is 7. The number of carbonyl (C=O) groups excluding carboxylic acids is 2. The summed E-state index contributed by atoms with van der Waals surface area (Å²) < 4.78 is 48.7. The minimum atomic E-state index is -4.60. The first kappa shape index (κ1) is 25.4. The van der Waals surface area contributed by atoms with E-state index in [-0.39, 0.29) is 33.8 Å². The molecule has 0 amide bonds. The van der Waals surface area contributed by atoms with Crippen molar-refractivity contribution in [2.24, 2.45) is 0 Å².